The zero-order valence-electron chi connectivity index (χ0n) is 10.6. The zero-order valence-corrected chi connectivity index (χ0v) is 13.8. The van der Waals surface area contributed by atoms with Crippen LogP contribution in [0, 0.1) is 0 Å². The maximum Gasteiger partial charge on any atom is 0.242 e. The molecule has 0 aromatic carbocycles. The summed E-state index contributed by atoms with van der Waals surface area (Å²) in [5, 5.41) is 9.06. The maximum absolute atomic E-state index is 12.3. The lowest BCUT2D eigenvalue weighted by Crippen LogP contribution is -2.43. The van der Waals surface area contributed by atoms with Crippen molar-refractivity contribution in [3.63, 3.8) is 0 Å². The number of aliphatic hydroxyl groups excluding tert-OH is 1. The predicted molar refractivity (Wildman–Crippen MR) is 78.8 cm³/mol. The van der Waals surface area contributed by atoms with Gasteiger partial charge in [-0.15, -0.1) is 11.3 Å². The number of rotatable bonds is 4. The van der Waals surface area contributed by atoms with E-state index in [0.29, 0.717) is 8.66 Å². The Morgan fingerprint density at radius 2 is 2.16 bits per heavy atom. The fourth-order valence-electron chi connectivity index (χ4n) is 2.07. The highest BCUT2D eigenvalue weighted by Gasteiger charge is 2.26. The highest BCUT2D eigenvalue weighted by atomic mass is 79.9. The normalized spacial score (nSPS) is 18.9. The van der Waals surface area contributed by atoms with Crippen LogP contribution in [-0.2, 0) is 16.6 Å². The van der Waals surface area contributed by atoms with Crippen LogP contribution in [0.15, 0.2) is 14.7 Å². The molecule has 5 nitrogen and oxygen atoms in total. The molecule has 2 N–H and O–H groups in total. The Balaban J connectivity index is 2.11. The van der Waals surface area contributed by atoms with E-state index < -0.39 is 10.0 Å². The Bertz CT molecular complexity index is 536. The highest BCUT2D eigenvalue weighted by Crippen LogP contribution is 2.32. The number of aliphatic hydroxyl groups is 1. The number of hydrogen-bond donors (Lipinski definition) is 2. The third kappa shape index (κ3) is 3.77. The number of nitrogens with one attached hydrogen (secondary N) is 1. The highest BCUT2D eigenvalue weighted by molar-refractivity contribution is 9.11. The number of thiophene rings is 1. The minimum atomic E-state index is -3.51. The maximum atomic E-state index is 12.3. The van der Waals surface area contributed by atoms with Crippen molar-refractivity contribution in [3.05, 3.63) is 14.7 Å². The largest absolute Gasteiger partial charge is 0.391 e. The molecule has 1 aromatic heterocycles. The molecule has 0 unspecified atom stereocenters. The molecule has 2 heterocycles. The summed E-state index contributed by atoms with van der Waals surface area (Å²) in [5.74, 6) is 0. The van der Waals surface area contributed by atoms with Gasteiger partial charge in [-0.05, 0) is 55.0 Å². The van der Waals surface area contributed by atoms with Crippen molar-refractivity contribution < 1.29 is 13.5 Å². The second kappa shape index (κ2) is 6.19. The van der Waals surface area contributed by atoms with E-state index in [4.69, 9.17) is 5.11 Å². The van der Waals surface area contributed by atoms with Crippen molar-refractivity contribution >= 4 is 37.3 Å². The van der Waals surface area contributed by atoms with Crippen molar-refractivity contribution in [3.8, 4) is 0 Å². The summed E-state index contributed by atoms with van der Waals surface area (Å²) >= 11 is 4.49. The fourth-order valence-corrected chi connectivity index (χ4v) is 5.92. The summed E-state index contributed by atoms with van der Waals surface area (Å²) in [5.41, 5.74) is 0. The number of likely N-dealkylation sites (tertiary alicyclic amines) is 1. The van der Waals surface area contributed by atoms with Crippen LogP contribution in [-0.4, -0.2) is 44.6 Å². The molecule has 1 aromatic rings. The smallest absolute Gasteiger partial charge is 0.242 e. The first-order chi connectivity index (χ1) is 8.92. The Morgan fingerprint density at radius 1 is 1.53 bits per heavy atom. The average molecular weight is 369 g/mol. The van der Waals surface area contributed by atoms with E-state index >= 15 is 0 Å². The van der Waals surface area contributed by atoms with Crippen LogP contribution in [0.2, 0.25) is 0 Å². The summed E-state index contributed by atoms with van der Waals surface area (Å²) in [7, 11) is -1.48. The molecule has 0 amide bonds. The van der Waals surface area contributed by atoms with E-state index in [1.54, 1.807) is 0 Å². The van der Waals surface area contributed by atoms with Crippen molar-refractivity contribution in [1.29, 1.82) is 0 Å². The second-order valence-corrected chi connectivity index (χ2v) is 8.84. The number of hydrogen-bond acceptors (Lipinski definition) is 5. The van der Waals surface area contributed by atoms with Crippen LogP contribution in [0.5, 0.6) is 0 Å². The first kappa shape index (κ1) is 15.4. The van der Waals surface area contributed by atoms with Gasteiger partial charge < -0.3 is 10.0 Å². The van der Waals surface area contributed by atoms with Gasteiger partial charge in [-0.1, -0.05) is 0 Å². The summed E-state index contributed by atoms with van der Waals surface area (Å²) in [6, 6.07) is 1.51. The minimum absolute atomic E-state index is 0.00873. The number of piperidine rings is 1. The van der Waals surface area contributed by atoms with Gasteiger partial charge in [-0.25, -0.2) is 13.1 Å². The number of halogens is 1. The topological polar surface area (TPSA) is 69.6 Å². The van der Waals surface area contributed by atoms with Gasteiger partial charge in [0.2, 0.25) is 10.0 Å². The molecule has 1 saturated heterocycles. The van der Waals surface area contributed by atoms with Gasteiger partial charge in [0.1, 0.15) is 4.90 Å². The van der Waals surface area contributed by atoms with Gasteiger partial charge in [0.05, 0.1) is 10.4 Å². The molecule has 0 aliphatic carbocycles. The molecule has 8 heteroatoms. The van der Waals surface area contributed by atoms with Crippen LogP contribution in [0.4, 0.5) is 0 Å². The summed E-state index contributed by atoms with van der Waals surface area (Å²) in [6.07, 6.45) is 1.65. The van der Waals surface area contributed by atoms with E-state index in [0.717, 1.165) is 25.9 Å². The third-order valence-corrected chi connectivity index (χ3v) is 6.95. The van der Waals surface area contributed by atoms with Gasteiger partial charge >= 0.3 is 0 Å². The van der Waals surface area contributed by atoms with Crippen molar-refractivity contribution in [2.24, 2.45) is 0 Å². The van der Waals surface area contributed by atoms with Crippen molar-refractivity contribution in [2.75, 3.05) is 20.1 Å². The molecule has 108 valence electrons. The van der Waals surface area contributed by atoms with Crippen molar-refractivity contribution in [2.45, 2.75) is 30.4 Å². The molecule has 1 aliphatic rings. The fraction of sp³-hybridized carbons (Fsp3) is 0.636. The lowest BCUT2D eigenvalue weighted by molar-refractivity contribution is 0.248. The summed E-state index contributed by atoms with van der Waals surface area (Å²) in [4.78, 5) is 3.05. The monoisotopic (exact) mass is 368 g/mol. The Kier molecular flexibility index (Phi) is 5.02. The first-order valence-electron chi connectivity index (χ1n) is 6.02. The van der Waals surface area contributed by atoms with E-state index in [1.807, 2.05) is 7.05 Å². The lowest BCUT2D eigenvalue weighted by atomic mass is 10.1. The quantitative estimate of drug-likeness (QED) is 0.841. The van der Waals surface area contributed by atoms with Crippen LogP contribution >= 0.6 is 27.3 Å². The zero-order chi connectivity index (χ0) is 14.0. The number of sulfonamides is 1. The van der Waals surface area contributed by atoms with Gasteiger partial charge in [-0.2, -0.15) is 0 Å². The number of nitrogens with zero attached hydrogens (tertiary/aromatic N) is 1. The van der Waals surface area contributed by atoms with E-state index in [9.17, 15) is 8.42 Å². The van der Waals surface area contributed by atoms with E-state index in [2.05, 4.69) is 25.6 Å². The van der Waals surface area contributed by atoms with Gasteiger partial charge in [0, 0.05) is 10.9 Å². The molecule has 0 atom stereocenters. The average Bonchev–Trinajstić information content (AvgIpc) is 2.74. The Morgan fingerprint density at radius 3 is 2.68 bits per heavy atom. The molecule has 0 spiro atoms. The molecule has 2 rings (SSSR count). The first-order valence-corrected chi connectivity index (χ1v) is 9.11. The van der Waals surface area contributed by atoms with Crippen LogP contribution in [0.3, 0.4) is 0 Å². The summed E-state index contributed by atoms with van der Waals surface area (Å²) < 4.78 is 27.9. The predicted octanol–water partition coefficient (Wildman–Crippen LogP) is 1.38. The lowest BCUT2D eigenvalue weighted by Gasteiger charge is -2.29. The van der Waals surface area contributed by atoms with E-state index in [1.165, 1.54) is 17.4 Å². The molecule has 19 heavy (non-hydrogen) atoms. The molecule has 1 fully saturated rings. The van der Waals surface area contributed by atoms with Crippen molar-refractivity contribution in [1.82, 2.24) is 9.62 Å². The SMILES string of the molecule is CN1CCC(NS(=O)(=O)c2cc(CO)sc2Br)CC1. The molecule has 0 bridgehead atoms. The third-order valence-electron chi connectivity index (χ3n) is 3.19. The van der Waals surface area contributed by atoms with E-state index in [-0.39, 0.29) is 17.5 Å². The molecular formula is C11H17BrN2O3S2. The van der Waals surface area contributed by atoms with Crippen LogP contribution in [0.1, 0.15) is 17.7 Å². The molecule has 0 saturated carbocycles. The Hall–Kier alpha value is 0.01000. The Labute approximate surface area is 125 Å². The molecular weight excluding hydrogens is 352 g/mol. The van der Waals surface area contributed by atoms with Gasteiger partial charge in [0.15, 0.2) is 0 Å². The standard InChI is InChI=1S/C11H17BrN2O3S2/c1-14-4-2-8(3-5-14)13-19(16,17)10-6-9(7-15)18-11(10)12/h6,8,13,15H,2-5,7H2,1H3. The van der Waals surface area contributed by atoms with Gasteiger partial charge in [0.25, 0.3) is 0 Å². The second-order valence-electron chi connectivity index (χ2n) is 4.71. The van der Waals surface area contributed by atoms with Gasteiger partial charge in [-0.3, -0.25) is 0 Å². The minimum Gasteiger partial charge on any atom is -0.391 e. The van der Waals surface area contributed by atoms with Crippen LogP contribution in [0.25, 0.3) is 0 Å². The van der Waals surface area contributed by atoms with Crippen LogP contribution < -0.4 is 4.72 Å². The molecule has 1 aliphatic heterocycles. The summed E-state index contributed by atoms with van der Waals surface area (Å²) in [6.45, 7) is 1.66. The molecule has 0 radical (unpaired) electrons.